The first kappa shape index (κ1) is 29.9. The Labute approximate surface area is 301 Å². The fourth-order valence-electron chi connectivity index (χ4n) is 7.50. The van der Waals surface area contributed by atoms with Crippen LogP contribution < -0.4 is 0 Å². The smallest absolute Gasteiger partial charge is 0.161 e. The molecule has 0 spiro atoms. The number of pyridine rings is 1. The minimum absolute atomic E-state index is 0.719. The van der Waals surface area contributed by atoms with Gasteiger partial charge in [-0.3, -0.25) is 4.98 Å². The van der Waals surface area contributed by atoms with Gasteiger partial charge in [-0.05, 0) is 67.7 Å². The molecular weight excluding hydrogens is 631 g/mol. The predicted molar refractivity (Wildman–Crippen MR) is 217 cm³/mol. The lowest BCUT2D eigenvalue weighted by Gasteiger charge is -2.14. The maximum Gasteiger partial charge on any atom is 0.161 e. The molecule has 10 aromatic rings. The maximum atomic E-state index is 5.26. The molecule has 0 bridgehead atoms. The van der Waals surface area contributed by atoms with E-state index in [1.54, 1.807) is 0 Å². The van der Waals surface area contributed by atoms with Gasteiger partial charge in [0.25, 0.3) is 0 Å². The number of aromatic nitrogens is 3. The third kappa shape index (κ3) is 5.19. The topological polar surface area (TPSA) is 38.7 Å². The zero-order chi connectivity index (χ0) is 34.4. The number of hydrogen-bond acceptors (Lipinski definition) is 3. The molecule has 0 atom stereocenters. The Morgan fingerprint density at radius 3 is 1.65 bits per heavy atom. The molecule has 8 aromatic carbocycles. The molecule has 52 heavy (non-hydrogen) atoms. The van der Waals surface area contributed by atoms with Crippen molar-refractivity contribution in [1.29, 1.82) is 0 Å². The van der Waals surface area contributed by atoms with E-state index >= 15 is 0 Å². The van der Waals surface area contributed by atoms with E-state index in [2.05, 4.69) is 170 Å². The fraction of sp³-hybridized carbons (Fsp3) is 0. The highest BCUT2D eigenvalue weighted by molar-refractivity contribution is 6.07. The van der Waals surface area contributed by atoms with Gasteiger partial charge in [-0.1, -0.05) is 164 Å². The highest BCUT2D eigenvalue weighted by Gasteiger charge is 2.16. The molecule has 3 heteroatoms. The summed E-state index contributed by atoms with van der Waals surface area (Å²) in [6, 6.07) is 64.3. The van der Waals surface area contributed by atoms with E-state index in [4.69, 9.17) is 15.0 Å². The van der Waals surface area contributed by atoms with E-state index in [1.165, 1.54) is 32.8 Å². The van der Waals surface area contributed by atoms with E-state index in [1.807, 2.05) is 18.3 Å². The second kappa shape index (κ2) is 12.4. The Hall–Kier alpha value is -6.97. The van der Waals surface area contributed by atoms with Crippen LogP contribution in [0.4, 0.5) is 0 Å². The average molecular weight is 662 g/mol. The monoisotopic (exact) mass is 661 g/mol. The van der Waals surface area contributed by atoms with Crippen LogP contribution in [0.1, 0.15) is 0 Å². The normalized spacial score (nSPS) is 11.5. The first-order chi connectivity index (χ1) is 25.8. The first-order valence-electron chi connectivity index (χ1n) is 17.6. The van der Waals surface area contributed by atoms with Gasteiger partial charge in [-0.15, -0.1) is 0 Å². The SMILES string of the molecule is c1ccc(-c2ccc(-c3nc(-c4ccc(-c5ccc(-c6ccc7c(c6)ncc6ccccc67)cc5)c5ccccc45)nc4ccccc34)cc2)cc1. The molecular formula is C49H31N3. The van der Waals surface area contributed by atoms with Crippen molar-refractivity contribution in [3.63, 3.8) is 0 Å². The molecule has 0 N–H and O–H groups in total. The summed E-state index contributed by atoms with van der Waals surface area (Å²) in [5.74, 6) is 0.719. The average Bonchev–Trinajstić information content (AvgIpc) is 3.23. The van der Waals surface area contributed by atoms with Gasteiger partial charge >= 0.3 is 0 Å². The molecule has 242 valence electrons. The molecule has 0 aliphatic carbocycles. The van der Waals surface area contributed by atoms with Crippen molar-refractivity contribution >= 4 is 43.4 Å². The summed E-state index contributed by atoms with van der Waals surface area (Å²) in [6.45, 7) is 0. The van der Waals surface area contributed by atoms with Gasteiger partial charge in [0.2, 0.25) is 0 Å². The first-order valence-corrected chi connectivity index (χ1v) is 17.6. The Bertz CT molecular complexity index is 2930. The Kier molecular flexibility index (Phi) is 7.14. The lowest BCUT2D eigenvalue weighted by molar-refractivity contribution is 1.23. The Morgan fingerprint density at radius 2 is 0.865 bits per heavy atom. The van der Waals surface area contributed by atoms with Crippen molar-refractivity contribution in [3.05, 3.63) is 188 Å². The van der Waals surface area contributed by atoms with Gasteiger partial charge in [-0.25, -0.2) is 9.97 Å². The number of rotatable bonds is 5. The molecule has 0 aliphatic rings. The van der Waals surface area contributed by atoms with Gasteiger partial charge in [0.05, 0.1) is 16.7 Å². The van der Waals surface area contributed by atoms with E-state index in [0.29, 0.717) is 0 Å². The van der Waals surface area contributed by atoms with Crippen LogP contribution in [-0.4, -0.2) is 15.0 Å². The lowest BCUT2D eigenvalue weighted by Crippen LogP contribution is -1.96. The third-order valence-electron chi connectivity index (χ3n) is 10.2. The number of para-hydroxylation sites is 1. The molecule has 0 saturated carbocycles. The van der Waals surface area contributed by atoms with Crippen molar-refractivity contribution < 1.29 is 0 Å². The molecule has 0 fully saturated rings. The summed E-state index contributed by atoms with van der Waals surface area (Å²) in [6.07, 6.45) is 1.96. The van der Waals surface area contributed by atoms with E-state index in [0.717, 1.165) is 66.5 Å². The van der Waals surface area contributed by atoms with Gasteiger partial charge < -0.3 is 0 Å². The second-order valence-electron chi connectivity index (χ2n) is 13.2. The Balaban J connectivity index is 1.03. The highest BCUT2D eigenvalue weighted by atomic mass is 14.9. The zero-order valence-corrected chi connectivity index (χ0v) is 28.2. The van der Waals surface area contributed by atoms with E-state index in [9.17, 15) is 0 Å². The van der Waals surface area contributed by atoms with Crippen LogP contribution in [0.3, 0.4) is 0 Å². The summed E-state index contributed by atoms with van der Waals surface area (Å²) in [4.78, 5) is 15.2. The zero-order valence-electron chi connectivity index (χ0n) is 28.2. The van der Waals surface area contributed by atoms with Gasteiger partial charge in [0.1, 0.15) is 0 Å². The van der Waals surface area contributed by atoms with Crippen LogP contribution in [0, 0.1) is 0 Å². The molecule has 2 aromatic heterocycles. The lowest BCUT2D eigenvalue weighted by atomic mass is 9.93. The molecule has 2 heterocycles. The van der Waals surface area contributed by atoms with Crippen molar-refractivity contribution in [2.45, 2.75) is 0 Å². The van der Waals surface area contributed by atoms with Crippen LogP contribution in [-0.2, 0) is 0 Å². The fourth-order valence-corrected chi connectivity index (χ4v) is 7.50. The molecule has 0 radical (unpaired) electrons. The van der Waals surface area contributed by atoms with Crippen molar-refractivity contribution in [2.24, 2.45) is 0 Å². The number of hydrogen-bond donors (Lipinski definition) is 0. The van der Waals surface area contributed by atoms with Crippen LogP contribution in [0.25, 0.3) is 99.4 Å². The summed E-state index contributed by atoms with van der Waals surface area (Å²) in [5, 5.41) is 6.89. The van der Waals surface area contributed by atoms with Crippen molar-refractivity contribution in [2.75, 3.05) is 0 Å². The molecule has 0 aliphatic heterocycles. The number of nitrogens with zero attached hydrogens (tertiary/aromatic N) is 3. The molecule has 10 rings (SSSR count). The largest absolute Gasteiger partial charge is 0.256 e. The van der Waals surface area contributed by atoms with E-state index in [-0.39, 0.29) is 0 Å². The summed E-state index contributed by atoms with van der Waals surface area (Å²) < 4.78 is 0. The molecule has 0 saturated heterocycles. The van der Waals surface area contributed by atoms with Crippen molar-refractivity contribution in [1.82, 2.24) is 15.0 Å². The van der Waals surface area contributed by atoms with Gasteiger partial charge in [-0.2, -0.15) is 0 Å². The summed E-state index contributed by atoms with van der Waals surface area (Å²) >= 11 is 0. The standard InChI is InChI=1S/C49H31N3/c1-2-10-32(11-3-1)33-20-24-36(25-21-33)48-45-16-8-9-17-46(45)51-49(52-48)44-29-28-40(41-14-6-7-15-42(41)44)35-22-18-34(19-23-35)37-26-27-43-39-13-5-4-12-38(39)31-50-47(43)30-37/h1-31H. The summed E-state index contributed by atoms with van der Waals surface area (Å²) in [5.41, 5.74) is 12.0. The minimum Gasteiger partial charge on any atom is -0.256 e. The van der Waals surface area contributed by atoms with Crippen molar-refractivity contribution in [3.8, 4) is 56.0 Å². The van der Waals surface area contributed by atoms with Gasteiger partial charge in [0, 0.05) is 33.5 Å². The van der Waals surface area contributed by atoms with Crippen LogP contribution in [0.15, 0.2) is 188 Å². The minimum atomic E-state index is 0.719. The molecule has 3 nitrogen and oxygen atoms in total. The quantitative estimate of drug-likeness (QED) is 0.172. The highest BCUT2D eigenvalue weighted by Crippen LogP contribution is 2.38. The van der Waals surface area contributed by atoms with Gasteiger partial charge in [0.15, 0.2) is 5.82 Å². The number of benzene rings is 8. The Morgan fingerprint density at radius 1 is 0.308 bits per heavy atom. The summed E-state index contributed by atoms with van der Waals surface area (Å²) in [7, 11) is 0. The number of fused-ring (bicyclic) bond motifs is 5. The van der Waals surface area contributed by atoms with Crippen LogP contribution >= 0.6 is 0 Å². The predicted octanol–water partition coefficient (Wildman–Crippen LogP) is 12.8. The van der Waals surface area contributed by atoms with E-state index < -0.39 is 0 Å². The third-order valence-corrected chi connectivity index (χ3v) is 10.2. The van der Waals surface area contributed by atoms with Crippen LogP contribution in [0.5, 0.6) is 0 Å². The molecule has 0 unspecified atom stereocenters. The van der Waals surface area contributed by atoms with Crippen LogP contribution in [0.2, 0.25) is 0 Å². The molecule has 0 amide bonds. The second-order valence-corrected chi connectivity index (χ2v) is 13.2. The maximum absolute atomic E-state index is 5.26.